The van der Waals surface area contributed by atoms with Crippen LogP contribution in [0, 0.1) is 0 Å². The molecule has 0 amide bonds. The van der Waals surface area contributed by atoms with Gasteiger partial charge in [-0.1, -0.05) is 18.2 Å². The van der Waals surface area contributed by atoms with Crippen LogP contribution in [0.5, 0.6) is 0 Å². The van der Waals surface area contributed by atoms with Crippen LogP contribution in [-0.2, 0) is 11.8 Å². The Hall–Kier alpha value is -2.14. The van der Waals surface area contributed by atoms with Crippen molar-refractivity contribution in [2.45, 2.75) is 6.92 Å². The fourth-order valence-corrected chi connectivity index (χ4v) is 3.02. The van der Waals surface area contributed by atoms with Gasteiger partial charge in [0.25, 0.3) is 0 Å². The number of hydrogen-bond acceptors (Lipinski definition) is 4. The number of rotatable bonds is 3. The molecule has 0 spiro atoms. The van der Waals surface area contributed by atoms with E-state index in [2.05, 4.69) is 27.8 Å². The van der Waals surface area contributed by atoms with Gasteiger partial charge in [-0.05, 0) is 19.1 Å². The van der Waals surface area contributed by atoms with E-state index in [1.165, 1.54) is 11.3 Å². The van der Waals surface area contributed by atoms with E-state index in [1.54, 1.807) is 12.3 Å². The van der Waals surface area contributed by atoms with Crippen LogP contribution in [0.4, 0.5) is 0 Å². The summed E-state index contributed by atoms with van der Waals surface area (Å²) in [5.74, 6) is -0.367. The number of thiazole rings is 1. The van der Waals surface area contributed by atoms with Gasteiger partial charge >= 0.3 is 5.97 Å². The Kier molecular flexibility index (Phi) is 3.28. The number of benzene rings is 1. The molecular formula is C15H14N2O2S. The van der Waals surface area contributed by atoms with Crippen molar-refractivity contribution >= 4 is 28.2 Å². The molecule has 0 aliphatic rings. The zero-order valence-corrected chi connectivity index (χ0v) is 12.1. The number of esters is 1. The third kappa shape index (κ3) is 2.10. The zero-order chi connectivity index (χ0) is 14.1. The van der Waals surface area contributed by atoms with E-state index in [4.69, 9.17) is 4.74 Å². The molecule has 20 heavy (non-hydrogen) atoms. The summed E-state index contributed by atoms with van der Waals surface area (Å²) >= 11 is 1.45. The SMILES string of the molecule is CCOC(=O)c1csc(-c2cc3ccccc3n2C)n1. The van der Waals surface area contributed by atoms with E-state index >= 15 is 0 Å². The predicted octanol–water partition coefficient (Wildman–Crippen LogP) is 3.48. The molecule has 0 N–H and O–H groups in total. The first-order chi connectivity index (χ1) is 9.70. The van der Waals surface area contributed by atoms with Crippen molar-refractivity contribution in [2.24, 2.45) is 7.05 Å². The van der Waals surface area contributed by atoms with Gasteiger partial charge in [0.05, 0.1) is 12.3 Å². The molecular weight excluding hydrogens is 272 g/mol. The van der Waals surface area contributed by atoms with Gasteiger partial charge in [-0.15, -0.1) is 11.3 Å². The number of ether oxygens (including phenoxy) is 1. The molecule has 4 nitrogen and oxygen atoms in total. The van der Waals surface area contributed by atoms with Crippen LogP contribution >= 0.6 is 11.3 Å². The fourth-order valence-electron chi connectivity index (χ4n) is 2.18. The molecule has 0 atom stereocenters. The van der Waals surface area contributed by atoms with E-state index in [9.17, 15) is 4.79 Å². The Balaban J connectivity index is 2.03. The first-order valence-electron chi connectivity index (χ1n) is 6.38. The molecule has 0 saturated heterocycles. The minimum absolute atomic E-state index is 0.361. The molecule has 2 heterocycles. The normalized spacial score (nSPS) is 10.9. The molecule has 3 aromatic rings. The summed E-state index contributed by atoms with van der Waals surface area (Å²) in [4.78, 5) is 16.0. The summed E-state index contributed by atoms with van der Waals surface area (Å²) in [5, 5.41) is 3.73. The van der Waals surface area contributed by atoms with E-state index in [1.807, 2.05) is 19.2 Å². The van der Waals surface area contributed by atoms with Crippen molar-refractivity contribution in [3.63, 3.8) is 0 Å². The zero-order valence-electron chi connectivity index (χ0n) is 11.3. The van der Waals surface area contributed by atoms with Crippen LogP contribution in [0.15, 0.2) is 35.7 Å². The molecule has 0 saturated carbocycles. The highest BCUT2D eigenvalue weighted by atomic mass is 32.1. The van der Waals surface area contributed by atoms with Gasteiger partial charge in [0.1, 0.15) is 5.01 Å². The number of aromatic nitrogens is 2. The van der Waals surface area contributed by atoms with Gasteiger partial charge in [0.15, 0.2) is 5.69 Å². The Morgan fingerprint density at radius 2 is 2.20 bits per heavy atom. The monoisotopic (exact) mass is 286 g/mol. The number of nitrogens with zero attached hydrogens (tertiary/aromatic N) is 2. The van der Waals surface area contributed by atoms with Crippen LogP contribution in [0.2, 0.25) is 0 Å². The highest BCUT2D eigenvalue weighted by Crippen LogP contribution is 2.29. The maximum atomic E-state index is 11.7. The summed E-state index contributed by atoms with van der Waals surface area (Å²) in [6.45, 7) is 2.15. The Morgan fingerprint density at radius 3 is 2.95 bits per heavy atom. The van der Waals surface area contributed by atoms with E-state index in [0.29, 0.717) is 12.3 Å². The van der Waals surface area contributed by atoms with Crippen LogP contribution in [-0.4, -0.2) is 22.1 Å². The van der Waals surface area contributed by atoms with Crippen molar-refractivity contribution in [1.29, 1.82) is 0 Å². The molecule has 0 aliphatic carbocycles. The van der Waals surface area contributed by atoms with Crippen LogP contribution in [0.25, 0.3) is 21.6 Å². The Labute approximate surface area is 120 Å². The Bertz CT molecular complexity index is 773. The molecule has 3 rings (SSSR count). The lowest BCUT2D eigenvalue weighted by Gasteiger charge is -2.00. The summed E-state index contributed by atoms with van der Waals surface area (Å²) in [7, 11) is 2.00. The van der Waals surface area contributed by atoms with Gasteiger partial charge < -0.3 is 9.30 Å². The molecule has 2 aromatic heterocycles. The second-order valence-electron chi connectivity index (χ2n) is 4.41. The smallest absolute Gasteiger partial charge is 0.357 e. The second-order valence-corrected chi connectivity index (χ2v) is 5.26. The van der Waals surface area contributed by atoms with Crippen molar-refractivity contribution in [3.05, 3.63) is 41.4 Å². The van der Waals surface area contributed by atoms with Crippen molar-refractivity contribution < 1.29 is 9.53 Å². The number of carbonyl (C=O) groups is 1. The van der Waals surface area contributed by atoms with Gasteiger partial charge in [-0.25, -0.2) is 9.78 Å². The quantitative estimate of drug-likeness (QED) is 0.692. The maximum absolute atomic E-state index is 11.7. The molecule has 0 fully saturated rings. The second kappa shape index (κ2) is 5.09. The number of hydrogen-bond donors (Lipinski definition) is 0. The van der Waals surface area contributed by atoms with Gasteiger partial charge in [0.2, 0.25) is 0 Å². The average Bonchev–Trinajstić information content (AvgIpc) is 3.05. The summed E-state index contributed by atoms with van der Waals surface area (Å²) in [5.41, 5.74) is 2.53. The third-order valence-electron chi connectivity index (χ3n) is 3.16. The van der Waals surface area contributed by atoms with E-state index < -0.39 is 0 Å². The van der Waals surface area contributed by atoms with Crippen LogP contribution in [0.3, 0.4) is 0 Å². The predicted molar refractivity (Wildman–Crippen MR) is 80.0 cm³/mol. The first kappa shape index (κ1) is 12.9. The number of fused-ring (bicyclic) bond motifs is 1. The standard InChI is InChI=1S/C15H14N2O2S/c1-3-19-15(18)11-9-20-14(16-11)13-8-10-6-4-5-7-12(10)17(13)2/h4-9H,3H2,1-2H3. The van der Waals surface area contributed by atoms with Gasteiger partial charge in [-0.3, -0.25) is 0 Å². The first-order valence-corrected chi connectivity index (χ1v) is 7.26. The van der Waals surface area contributed by atoms with Crippen molar-refractivity contribution in [2.75, 3.05) is 6.61 Å². The third-order valence-corrected chi connectivity index (χ3v) is 4.02. The summed E-state index contributed by atoms with van der Waals surface area (Å²) < 4.78 is 7.05. The lowest BCUT2D eigenvalue weighted by atomic mass is 10.2. The minimum Gasteiger partial charge on any atom is -0.461 e. The minimum atomic E-state index is -0.367. The average molecular weight is 286 g/mol. The summed E-state index contributed by atoms with van der Waals surface area (Å²) in [6.07, 6.45) is 0. The molecule has 0 bridgehead atoms. The molecule has 0 unspecified atom stereocenters. The largest absolute Gasteiger partial charge is 0.461 e. The fraction of sp³-hybridized carbons (Fsp3) is 0.200. The van der Waals surface area contributed by atoms with Gasteiger partial charge in [0, 0.05) is 23.3 Å². The number of carbonyl (C=O) groups excluding carboxylic acids is 1. The van der Waals surface area contributed by atoms with E-state index in [-0.39, 0.29) is 5.97 Å². The molecule has 0 radical (unpaired) electrons. The number of aryl methyl sites for hydroxylation is 1. The molecule has 1 aromatic carbocycles. The highest BCUT2D eigenvalue weighted by molar-refractivity contribution is 7.13. The van der Waals surface area contributed by atoms with Crippen LogP contribution < -0.4 is 0 Å². The Morgan fingerprint density at radius 1 is 1.40 bits per heavy atom. The molecule has 102 valence electrons. The molecule has 5 heteroatoms. The van der Waals surface area contributed by atoms with Gasteiger partial charge in [-0.2, -0.15) is 0 Å². The topological polar surface area (TPSA) is 44.1 Å². The maximum Gasteiger partial charge on any atom is 0.357 e. The van der Waals surface area contributed by atoms with Crippen LogP contribution in [0.1, 0.15) is 17.4 Å². The lowest BCUT2D eigenvalue weighted by Crippen LogP contribution is -2.04. The van der Waals surface area contributed by atoms with E-state index in [0.717, 1.165) is 21.6 Å². The summed E-state index contributed by atoms with van der Waals surface area (Å²) in [6, 6.07) is 10.2. The highest BCUT2D eigenvalue weighted by Gasteiger charge is 2.15. The van der Waals surface area contributed by atoms with Crippen molar-refractivity contribution in [3.8, 4) is 10.7 Å². The lowest BCUT2D eigenvalue weighted by molar-refractivity contribution is 0.0520. The molecule has 0 aliphatic heterocycles. The van der Waals surface area contributed by atoms with Crippen molar-refractivity contribution in [1.82, 2.24) is 9.55 Å². The number of para-hydroxylation sites is 1.